The van der Waals surface area contributed by atoms with Gasteiger partial charge in [-0.1, -0.05) is 48.3 Å². The third kappa shape index (κ3) is 3.26. The van der Waals surface area contributed by atoms with E-state index >= 15 is 0 Å². The van der Waals surface area contributed by atoms with E-state index in [2.05, 4.69) is 29.8 Å². The van der Waals surface area contributed by atoms with Crippen LogP contribution >= 0.6 is 15.9 Å². The highest BCUT2D eigenvalue weighted by molar-refractivity contribution is 9.10. The first-order valence-electron chi connectivity index (χ1n) is 4.92. The Hall–Kier alpha value is -0.630. The molecule has 0 saturated heterocycles. The number of halogens is 1. The van der Waals surface area contributed by atoms with Crippen molar-refractivity contribution in [1.82, 2.24) is 0 Å². The number of hydrogen-bond donors (Lipinski definition) is 0. The smallest absolute Gasteiger partial charge is 0.163 e. The minimum Gasteiger partial charge on any atom is -0.294 e. The largest absolute Gasteiger partial charge is 0.294 e. The van der Waals surface area contributed by atoms with E-state index in [1.807, 2.05) is 24.3 Å². The summed E-state index contributed by atoms with van der Waals surface area (Å²) in [6.07, 6.45) is 1.71. The van der Waals surface area contributed by atoms with Gasteiger partial charge in [-0.25, -0.2) is 0 Å². The van der Waals surface area contributed by atoms with E-state index in [4.69, 9.17) is 0 Å². The van der Waals surface area contributed by atoms with Crippen LogP contribution in [0.4, 0.5) is 0 Å². The maximum Gasteiger partial charge on any atom is 0.163 e. The van der Waals surface area contributed by atoms with Gasteiger partial charge in [0.15, 0.2) is 5.78 Å². The van der Waals surface area contributed by atoms with Crippen LogP contribution in [0.25, 0.3) is 0 Å². The van der Waals surface area contributed by atoms with Crippen LogP contribution in [0, 0.1) is 5.92 Å². The molecule has 1 aromatic rings. The Bertz CT molecular complexity index is 303. The van der Waals surface area contributed by atoms with Crippen molar-refractivity contribution in [2.75, 3.05) is 0 Å². The second-order valence-corrected chi connectivity index (χ2v) is 4.56. The molecular formula is C12H15BrO. The molecule has 14 heavy (non-hydrogen) atoms. The molecule has 0 heterocycles. The highest BCUT2D eigenvalue weighted by Gasteiger charge is 2.09. The van der Waals surface area contributed by atoms with Gasteiger partial charge in [0.1, 0.15) is 0 Å². The van der Waals surface area contributed by atoms with E-state index in [0.29, 0.717) is 12.3 Å². The lowest BCUT2D eigenvalue weighted by molar-refractivity contribution is 0.0963. The maximum absolute atomic E-state index is 11.7. The summed E-state index contributed by atoms with van der Waals surface area (Å²) in [4.78, 5) is 11.7. The molecule has 0 spiro atoms. The molecule has 0 N–H and O–H groups in total. The fourth-order valence-corrected chi connectivity index (χ4v) is 1.48. The van der Waals surface area contributed by atoms with Gasteiger partial charge < -0.3 is 0 Å². The molecule has 0 aliphatic heterocycles. The van der Waals surface area contributed by atoms with E-state index < -0.39 is 0 Å². The Kier molecular flexibility index (Phi) is 4.33. The molecule has 0 aromatic heterocycles. The van der Waals surface area contributed by atoms with Crippen LogP contribution in [-0.4, -0.2) is 5.78 Å². The van der Waals surface area contributed by atoms with Crippen LogP contribution in [-0.2, 0) is 0 Å². The summed E-state index contributed by atoms with van der Waals surface area (Å²) in [5.74, 6) is 0.720. The fourth-order valence-electron chi connectivity index (χ4n) is 1.21. The van der Waals surface area contributed by atoms with Gasteiger partial charge in [0.05, 0.1) is 0 Å². The molecule has 1 unspecified atom stereocenters. The molecule has 1 rings (SSSR count). The van der Waals surface area contributed by atoms with Gasteiger partial charge in [0.25, 0.3) is 0 Å². The quantitative estimate of drug-likeness (QED) is 0.741. The van der Waals surface area contributed by atoms with Gasteiger partial charge in [-0.05, 0) is 18.1 Å². The normalized spacial score (nSPS) is 12.5. The lowest BCUT2D eigenvalue weighted by atomic mass is 9.98. The van der Waals surface area contributed by atoms with Gasteiger partial charge in [-0.3, -0.25) is 4.79 Å². The summed E-state index contributed by atoms with van der Waals surface area (Å²) in [5, 5.41) is 0. The molecule has 1 aromatic carbocycles. The third-order valence-corrected chi connectivity index (χ3v) is 2.93. The monoisotopic (exact) mass is 254 g/mol. The van der Waals surface area contributed by atoms with Gasteiger partial charge >= 0.3 is 0 Å². The number of ketones is 1. The minimum atomic E-state index is 0.242. The molecule has 0 aliphatic rings. The van der Waals surface area contributed by atoms with Gasteiger partial charge in [0.2, 0.25) is 0 Å². The second kappa shape index (κ2) is 5.30. The third-order valence-electron chi connectivity index (χ3n) is 2.40. The second-order valence-electron chi connectivity index (χ2n) is 3.65. The van der Waals surface area contributed by atoms with Crippen molar-refractivity contribution in [3.63, 3.8) is 0 Å². The maximum atomic E-state index is 11.7. The summed E-state index contributed by atoms with van der Waals surface area (Å²) >= 11 is 3.35. The zero-order valence-corrected chi connectivity index (χ0v) is 10.2. The first kappa shape index (κ1) is 11.4. The number of Topliss-reactive ketones (excluding diaryl/α,β-unsaturated/α-hetero) is 1. The number of rotatable bonds is 4. The van der Waals surface area contributed by atoms with Crippen molar-refractivity contribution in [3.8, 4) is 0 Å². The van der Waals surface area contributed by atoms with Gasteiger partial charge in [0, 0.05) is 16.5 Å². The van der Waals surface area contributed by atoms with Crippen molar-refractivity contribution >= 4 is 21.7 Å². The Balaban J connectivity index is 2.65. The molecule has 0 radical (unpaired) electrons. The first-order chi connectivity index (χ1) is 6.63. The zero-order valence-electron chi connectivity index (χ0n) is 8.59. The lowest BCUT2D eigenvalue weighted by Gasteiger charge is -2.06. The van der Waals surface area contributed by atoms with E-state index in [-0.39, 0.29) is 5.78 Å². The number of hydrogen-bond acceptors (Lipinski definition) is 1. The Morgan fingerprint density at radius 1 is 1.36 bits per heavy atom. The van der Waals surface area contributed by atoms with Crippen LogP contribution < -0.4 is 0 Å². The van der Waals surface area contributed by atoms with E-state index in [1.54, 1.807) is 0 Å². The van der Waals surface area contributed by atoms with Crippen molar-refractivity contribution < 1.29 is 4.79 Å². The molecule has 0 saturated carbocycles. The average Bonchev–Trinajstić information content (AvgIpc) is 2.18. The number of carbonyl (C=O) groups is 1. The van der Waals surface area contributed by atoms with Crippen LogP contribution in [0.2, 0.25) is 0 Å². The highest BCUT2D eigenvalue weighted by Crippen LogP contribution is 2.15. The summed E-state index contributed by atoms with van der Waals surface area (Å²) in [5.41, 5.74) is 0.813. The molecule has 0 aliphatic carbocycles. The number of carbonyl (C=O) groups excluding carboxylic acids is 1. The molecule has 1 nitrogen and oxygen atoms in total. The van der Waals surface area contributed by atoms with Crippen LogP contribution in [0.15, 0.2) is 28.7 Å². The Morgan fingerprint density at radius 3 is 2.43 bits per heavy atom. The van der Waals surface area contributed by atoms with Gasteiger partial charge in [-0.15, -0.1) is 0 Å². The molecule has 0 bridgehead atoms. The average molecular weight is 255 g/mol. The predicted octanol–water partition coefficient (Wildman–Crippen LogP) is 4.07. The highest BCUT2D eigenvalue weighted by atomic mass is 79.9. The molecule has 76 valence electrons. The summed E-state index contributed by atoms with van der Waals surface area (Å²) in [6.45, 7) is 4.22. The van der Waals surface area contributed by atoms with Crippen LogP contribution in [0.1, 0.15) is 37.0 Å². The topological polar surface area (TPSA) is 17.1 Å². The fraction of sp³-hybridized carbons (Fsp3) is 0.417. The summed E-state index contributed by atoms with van der Waals surface area (Å²) < 4.78 is 1.01. The SMILES string of the molecule is CCC(C)CC(=O)c1ccc(Br)cc1. The van der Waals surface area contributed by atoms with Crippen LogP contribution in [0.5, 0.6) is 0 Å². The molecule has 0 amide bonds. The van der Waals surface area contributed by atoms with Crippen molar-refractivity contribution in [2.45, 2.75) is 26.7 Å². The van der Waals surface area contributed by atoms with Crippen molar-refractivity contribution in [1.29, 1.82) is 0 Å². The number of benzene rings is 1. The Labute approximate surface area is 93.7 Å². The molecule has 2 heteroatoms. The zero-order chi connectivity index (χ0) is 10.6. The van der Waals surface area contributed by atoms with Crippen molar-refractivity contribution in [2.24, 2.45) is 5.92 Å². The molecule has 1 atom stereocenters. The lowest BCUT2D eigenvalue weighted by Crippen LogP contribution is -2.04. The van der Waals surface area contributed by atoms with E-state index in [0.717, 1.165) is 16.5 Å². The first-order valence-corrected chi connectivity index (χ1v) is 5.71. The van der Waals surface area contributed by atoms with Crippen LogP contribution in [0.3, 0.4) is 0 Å². The van der Waals surface area contributed by atoms with E-state index in [1.165, 1.54) is 0 Å². The summed E-state index contributed by atoms with van der Waals surface area (Å²) in [7, 11) is 0. The van der Waals surface area contributed by atoms with Gasteiger partial charge in [-0.2, -0.15) is 0 Å². The van der Waals surface area contributed by atoms with E-state index in [9.17, 15) is 4.79 Å². The minimum absolute atomic E-state index is 0.242. The predicted molar refractivity (Wildman–Crippen MR) is 62.5 cm³/mol. The Morgan fingerprint density at radius 2 is 1.93 bits per heavy atom. The molecular weight excluding hydrogens is 240 g/mol. The summed E-state index contributed by atoms with van der Waals surface area (Å²) in [6, 6.07) is 7.55. The molecule has 0 fully saturated rings. The van der Waals surface area contributed by atoms with Crippen molar-refractivity contribution in [3.05, 3.63) is 34.3 Å². The standard InChI is InChI=1S/C12H15BrO/c1-3-9(2)8-12(14)10-4-6-11(13)7-5-10/h4-7,9H,3,8H2,1-2H3.